The molecule has 3 heteroatoms. The van der Waals surface area contributed by atoms with E-state index in [1.165, 1.54) is 12.1 Å². The summed E-state index contributed by atoms with van der Waals surface area (Å²) in [5, 5.41) is 3.41. The third kappa shape index (κ3) is 6.06. The maximum Gasteiger partial charge on any atom is 0.126 e. The molecule has 1 unspecified atom stereocenters. The molecule has 1 aromatic rings. The quantitative estimate of drug-likeness (QED) is 0.770. The number of aryl methyl sites for hydroxylation is 1. The summed E-state index contributed by atoms with van der Waals surface area (Å²) in [7, 11) is 0. The molecule has 0 aliphatic rings. The lowest BCUT2D eigenvalue weighted by molar-refractivity contribution is 0.183. The molecule has 1 rings (SSSR count). The number of halogens is 1. The monoisotopic (exact) mass is 267 g/mol. The number of rotatable bonds is 8. The van der Waals surface area contributed by atoms with Crippen LogP contribution in [0.25, 0.3) is 0 Å². The van der Waals surface area contributed by atoms with Crippen molar-refractivity contribution in [1.29, 1.82) is 0 Å². The Morgan fingerprint density at radius 3 is 2.63 bits per heavy atom. The fraction of sp³-hybridized carbons (Fsp3) is 0.625. The van der Waals surface area contributed by atoms with Crippen LogP contribution in [0, 0.1) is 18.7 Å². The van der Waals surface area contributed by atoms with Crippen molar-refractivity contribution in [2.24, 2.45) is 5.92 Å². The third-order valence-electron chi connectivity index (χ3n) is 2.98. The molecule has 1 atom stereocenters. The van der Waals surface area contributed by atoms with Crippen LogP contribution in [-0.4, -0.2) is 19.2 Å². The highest BCUT2D eigenvalue weighted by Crippen LogP contribution is 2.21. The Hall–Kier alpha value is -1.09. The summed E-state index contributed by atoms with van der Waals surface area (Å²) in [5.74, 6) is 1.04. The Morgan fingerprint density at radius 2 is 2.00 bits per heavy atom. The maximum atomic E-state index is 13.2. The van der Waals surface area contributed by atoms with Crippen LogP contribution >= 0.6 is 0 Å². The fourth-order valence-electron chi connectivity index (χ4n) is 1.94. The predicted molar refractivity (Wildman–Crippen MR) is 78.2 cm³/mol. The first-order valence-corrected chi connectivity index (χ1v) is 7.16. The van der Waals surface area contributed by atoms with Gasteiger partial charge in [-0.05, 0) is 37.4 Å². The lowest BCUT2D eigenvalue weighted by Gasteiger charge is -2.21. The number of benzene rings is 1. The van der Waals surface area contributed by atoms with Crippen LogP contribution in [0.15, 0.2) is 18.2 Å². The van der Waals surface area contributed by atoms with Gasteiger partial charge in [0.25, 0.3) is 0 Å². The normalized spacial score (nSPS) is 12.7. The van der Waals surface area contributed by atoms with Gasteiger partial charge in [0.05, 0.1) is 0 Å². The van der Waals surface area contributed by atoms with Gasteiger partial charge in [-0.3, -0.25) is 0 Å². The topological polar surface area (TPSA) is 21.3 Å². The summed E-state index contributed by atoms with van der Waals surface area (Å²) in [6, 6.07) is 4.70. The van der Waals surface area contributed by atoms with Crippen LogP contribution in [0.2, 0.25) is 0 Å². The van der Waals surface area contributed by atoms with E-state index in [2.05, 4.69) is 26.1 Å². The molecule has 1 N–H and O–H groups in total. The van der Waals surface area contributed by atoms with E-state index >= 15 is 0 Å². The van der Waals surface area contributed by atoms with Crippen molar-refractivity contribution in [2.75, 3.05) is 13.1 Å². The molecule has 0 fully saturated rings. The van der Waals surface area contributed by atoms with Gasteiger partial charge >= 0.3 is 0 Å². The maximum absolute atomic E-state index is 13.2. The van der Waals surface area contributed by atoms with Gasteiger partial charge in [0.2, 0.25) is 0 Å². The molecular formula is C16H26FNO. The van der Waals surface area contributed by atoms with Crippen molar-refractivity contribution in [3.05, 3.63) is 29.6 Å². The van der Waals surface area contributed by atoms with Gasteiger partial charge in [-0.1, -0.05) is 33.3 Å². The zero-order valence-electron chi connectivity index (χ0n) is 12.5. The van der Waals surface area contributed by atoms with Crippen molar-refractivity contribution < 1.29 is 9.13 Å². The summed E-state index contributed by atoms with van der Waals surface area (Å²) < 4.78 is 19.2. The van der Waals surface area contributed by atoms with E-state index < -0.39 is 0 Å². The van der Waals surface area contributed by atoms with Crippen LogP contribution in [-0.2, 0) is 0 Å². The SMILES string of the molecule is CCCC(CNCC(C)C)Oc1cc(F)ccc1C. The van der Waals surface area contributed by atoms with E-state index in [0.717, 1.165) is 31.5 Å². The molecule has 0 aliphatic carbocycles. The molecule has 0 radical (unpaired) electrons. The Morgan fingerprint density at radius 1 is 1.26 bits per heavy atom. The smallest absolute Gasteiger partial charge is 0.126 e. The standard InChI is InChI=1S/C16H26FNO/c1-5-6-15(11-18-10-12(2)3)19-16-9-14(17)8-7-13(16)4/h7-9,12,15,18H,5-6,10-11H2,1-4H3. The molecule has 0 amide bonds. The van der Waals surface area contributed by atoms with E-state index in [1.807, 2.05) is 6.92 Å². The Balaban J connectivity index is 2.58. The van der Waals surface area contributed by atoms with Crippen LogP contribution in [0.4, 0.5) is 4.39 Å². The number of hydrogen-bond acceptors (Lipinski definition) is 2. The number of ether oxygens (including phenoxy) is 1. The van der Waals surface area contributed by atoms with Crippen molar-refractivity contribution in [3.8, 4) is 5.75 Å². The van der Waals surface area contributed by atoms with E-state index in [1.54, 1.807) is 6.07 Å². The largest absolute Gasteiger partial charge is 0.489 e. The zero-order chi connectivity index (χ0) is 14.3. The molecule has 108 valence electrons. The average molecular weight is 267 g/mol. The molecule has 1 aromatic carbocycles. The first-order valence-electron chi connectivity index (χ1n) is 7.16. The van der Waals surface area contributed by atoms with E-state index in [0.29, 0.717) is 11.7 Å². The van der Waals surface area contributed by atoms with Gasteiger partial charge in [-0.15, -0.1) is 0 Å². The van der Waals surface area contributed by atoms with Crippen LogP contribution in [0.3, 0.4) is 0 Å². The van der Waals surface area contributed by atoms with E-state index in [4.69, 9.17) is 4.74 Å². The van der Waals surface area contributed by atoms with Gasteiger partial charge in [0.15, 0.2) is 0 Å². The van der Waals surface area contributed by atoms with Gasteiger partial charge in [-0.25, -0.2) is 4.39 Å². The van der Waals surface area contributed by atoms with Crippen molar-refractivity contribution in [2.45, 2.75) is 46.6 Å². The Bertz CT molecular complexity index is 379. The summed E-state index contributed by atoms with van der Waals surface area (Å²) in [6.07, 6.45) is 2.13. The minimum absolute atomic E-state index is 0.101. The average Bonchev–Trinajstić information content (AvgIpc) is 2.33. The van der Waals surface area contributed by atoms with Gasteiger partial charge in [-0.2, -0.15) is 0 Å². The summed E-state index contributed by atoms with van der Waals surface area (Å²) in [5.41, 5.74) is 0.978. The minimum atomic E-state index is -0.244. The van der Waals surface area contributed by atoms with Crippen molar-refractivity contribution in [3.63, 3.8) is 0 Å². The molecule has 0 aliphatic heterocycles. The highest BCUT2D eigenvalue weighted by atomic mass is 19.1. The predicted octanol–water partition coefficient (Wildman–Crippen LogP) is 3.93. The van der Waals surface area contributed by atoms with E-state index in [-0.39, 0.29) is 11.9 Å². The molecule has 0 aromatic heterocycles. The molecule has 0 heterocycles. The minimum Gasteiger partial charge on any atom is -0.489 e. The Kier molecular flexibility index (Phi) is 6.85. The summed E-state index contributed by atoms with van der Waals surface area (Å²) in [6.45, 7) is 10.2. The molecule has 0 saturated heterocycles. The van der Waals surface area contributed by atoms with Gasteiger partial charge in [0.1, 0.15) is 17.7 Å². The third-order valence-corrected chi connectivity index (χ3v) is 2.98. The van der Waals surface area contributed by atoms with Crippen molar-refractivity contribution >= 4 is 0 Å². The second kappa shape index (κ2) is 8.16. The van der Waals surface area contributed by atoms with Gasteiger partial charge in [0, 0.05) is 12.6 Å². The lowest BCUT2D eigenvalue weighted by Crippen LogP contribution is -2.33. The molecular weight excluding hydrogens is 241 g/mol. The first kappa shape index (κ1) is 16.0. The lowest BCUT2D eigenvalue weighted by atomic mass is 10.1. The number of hydrogen-bond donors (Lipinski definition) is 1. The fourth-order valence-corrected chi connectivity index (χ4v) is 1.94. The second-order valence-corrected chi connectivity index (χ2v) is 5.49. The molecule has 19 heavy (non-hydrogen) atoms. The zero-order valence-corrected chi connectivity index (χ0v) is 12.5. The van der Waals surface area contributed by atoms with Crippen LogP contribution in [0.1, 0.15) is 39.2 Å². The highest BCUT2D eigenvalue weighted by Gasteiger charge is 2.11. The molecule has 0 saturated carbocycles. The van der Waals surface area contributed by atoms with E-state index in [9.17, 15) is 4.39 Å². The molecule has 0 bridgehead atoms. The number of nitrogens with one attached hydrogen (secondary N) is 1. The van der Waals surface area contributed by atoms with Gasteiger partial charge < -0.3 is 10.1 Å². The highest BCUT2D eigenvalue weighted by molar-refractivity contribution is 5.32. The Labute approximate surface area is 116 Å². The van der Waals surface area contributed by atoms with Crippen molar-refractivity contribution in [1.82, 2.24) is 5.32 Å². The summed E-state index contributed by atoms with van der Waals surface area (Å²) >= 11 is 0. The summed E-state index contributed by atoms with van der Waals surface area (Å²) in [4.78, 5) is 0. The van der Waals surface area contributed by atoms with Crippen LogP contribution in [0.5, 0.6) is 5.75 Å². The molecule has 0 spiro atoms. The second-order valence-electron chi connectivity index (χ2n) is 5.49. The first-order chi connectivity index (χ1) is 9.02. The molecule has 2 nitrogen and oxygen atoms in total. The van der Waals surface area contributed by atoms with Crippen LogP contribution < -0.4 is 10.1 Å².